The van der Waals surface area contributed by atoms with Crippen molar-refractivity contribution >= 4 is 46.3 Å². The van der Waals surface area contributed by atoms with E-state index in [9.17, 15) is 14.7 Å². The van der Waals surface area contributed by atoms with Gasteiger partial charge in [0, 0.05) is 24.8 Å². The molecule has 164 valence electrons. The second-order valence-electron chi connectivity index (χ2n) is 7.88. The number of ether oxygens (including phenoxy) is 2. The van der Waals surface area contributed by atoms with Crippen molar-refractivity contribution in [3.63, 3.8) is 0 Å². The zero-order valence-corrected chi connectivity index (χ0v) is 18.2. The Morgan fingerprint density at radius 1 is 1.32 bits per heavy atom. The summed E-state index contributed by atoms with van der Waals surface area (Å²) in [5, 5.41) is 12.8. The Bertz CT molecular complexity index is 1010. The number of cyclic esters (lactones) is 1. The fraction of sp³-hybridized carbons (Fsp3) is 0.429. The van der Waals surface area contributed by atoms with Gasteiger partial charge in [0.25, 0.3) is 5.91 Å². The van der Waals surface area contributed by atoms with Crippen molar-refractivity contribution in [2.24, 2.45) is 0 Å². The highest BCUT2D eigenvalue weighted by atomic mass is 35.5. The standard InChI is InChI=1S/C21H22ClN3O5S/c22-19-6-5-18(31-19)20(27)23-9-17-15-11-29-16-8-12(24-7-1-2-13(26)10-24)3-4-14(16)25(15)21(28)30-17/h3-6,8,13,15,17,26H,1-2,7,9-11H2,(H,23,27)/t13?,15-,17-/m0/s1. The summed E-state index contributed by atoms with van der Waals surface area (Å²) in [6.07, 6.45) is 0.456. The Kier molecular flexibility index (Phi) is 5.41. The van der Waals surface area contributed by atoms with Gasteiger partial charge in [0.15, 0.2) is 0 Å². The number of piperidine rings is 1. The number of rotatable bonds is 4. The molecule has 2 aromatic rings. The van der Waals surface area contributed by atoms with E-state index in [2.05, 4.69) is 10.2 Å². The van der Waals surface area contributed by atoms with Crippen LogP contribution in [0.3, 0.4) is 0 Å². The first-order chi connectivity index (χ1) is 15.0. The summed E-state index contributed by atoms with van der Waals surface area (Å²) in [6.45, 7) is 1.92. The number of carbonyl (C=O) groups is 2. The second-order valence-corrected chi connectivity index (χ2v) is 9.59. The number of nitrogens with one attached hydrogen (secondary N) is 1. The van der Waals surface area contributed by atoms with Gasteiger partial charge < -0.3 is 24.8 Å². The van der Waals surface area contributed by atoms with Crippen LogP contribution in [0.5, 0.6) is 5.75 Å². The monoisotopic (exact) mass is 463 g/mol. The number of anilines is 2. The number of halogens is 1. The molecule has 1 aromatic heterocycles. The van der Waals surface area contributed by atoms with Crippen LogP contribution in [0.4, 0.5) is 16.2 Å². The quantitative estimate of drug-likeness (QED) is 0.724. The zero-order chi connectivity index (χ0) is 21.5. The molecule has 1 unspecified atom stereocenters. The first-order valence-electron chi connectivity index (χ1n) is 10.2. The van der Waals surface area contributed by atoms with Crippen molar-refractivity contribution in [2.75, 3.05) is 36.0 Å². The summed E-state index contributed by atoms with van der Waals surface area (Å²) in [4.78, 5) is 29.1. The molecule has 10 heteroatoms. The third-order valence-electron chi connectivity index (χ3n) is 5.84. The number of carbonyl (C=O) groups excluding carboxylic acids is 2. The van der Waals surface area contributed by atoms with Crippen molar-refractivity contribution in [2.45, 2.75) is 31.1 Å². The molecule has 2 N–H and O–H groups in total. The first-order valence-corrected chi connectivity index (χ1v) is 11.4. The largest absolute Gasteiger partial charge is 0.489 e. The Morgan fingerprint density at radius 3 is 2.97 bits per heavy atom. The maximum Gasteiger partial charge on any atom is 0.415 e. The van der Waals surface area contributed by atoms with Crippen molar-refractivity contribution < 1.29 is 24.2 Å². The lowest BCUT2D eigenvalue weighted by atomic mass is 10.1. The molecule has 2 saturated heterocycles. The van der Waals surface area contributed by atoms with Gasteiger partial charge in [-0.15, -0.1) is 11.3 Å². The lowest BCUT2D eigenvalue weighted by molar-refractivity contribution is 0.0890. The van der Waals surface area contributed by atoms with Gasteiger partial charge in [0.05, 0.1) is 27.5 Å². The molecule has 5 rings (SSSR count). The molecule has 1 aromatic carbocycles. The van der Waals surface area contributed by atoms with E-state index in [4.69, 9.17) is 21.1 Å². The van der Waals surface area contributed by atoms with E-state index in [1.165, 1.54) is 11.3 Å². The maximum absolute atomic E-state index is 12.6. The lowest BCUT2D eigenvalue weighted by Gasteiger charge is -2.35. The van der Waals surface area contributed by atoms with Gasteiger partial charge in [-0.25, -0.2) is 4.79 Å². The fourth-order valence-corrected chi connectivity index (χ4v) is 5.26. The van der Waals surface area contributed by atoms with Crippen LogP contribution in [0.1, 0.15) is 22.5 Å². The molecule has 4 heterocycles. The molecule has 2 fully saturated rings. The topological polar surface area (TPSA) is 91.3 Å². The van der Waals surface area contributed by atoms with Crippen molar-refractivity contribution in [3.05, 3.63) is 39.5 Å². The second kappa shape index (κ2) is 8.22. The molecule has 3 atom stereocenters. The zero-order valence-electron chi connectivity index (χ0n) is 16.6. The summed E-state index contributed by atoms with van der Waals surface area (Å²) in [5.41, 5.74) is 1.61. The molecule has 8 nitrogen and oxygen atoms in total. The number of thiophene rings is 1. The average Bonchev–Trinajstić information content (AvgIpc) is 3.35. The van der Waals surface area contributed by atoms with Gasteiger partial charge in [-0.05, 0) is 37.1 Å². The smallest absolute Gasteiger partial charge is 0.415 e. The molecular weight excluding hydrogens is 442 g/mol. The van der Waals surface area contributed by atoms with Gasteiger partial charge in [-0.1, -0.05) is 11.6 Å². The van der Waals surface area contributed by atoms with Crippen LogP contribution in [-0.2, 0) is 4.74 Å². The van der Waals surface area contributed by atoms with Crippen molar-refractivity contribution in [1.82, 2.24) is 5.32 Å². The minimum atomic E-state index is -0.517. The van der Waals surface area contributed by atoms with Crippen LogP contribution >= 0.6 is 22.9 Å². The molecule has 3 aliphatic heterocycles. The first kappa shape index (κ1) is 20.4. The summed E-state index contributed by atoms with van der Waals surface area (Å²) in [7, 11) is 0. The van der Waals surface area contributed by atoms with Crippen LogP contribution in [0.25, 0.3) is 0 Å². The summed E-state index contributed by atoms with van der Waals surface area (Å²) >= 11 is 7.08. The van der Waals surface area contributed by atoms with Crippen LogP contribution in [0.2, 0.25) is 4.34 Å². The SMILES string of the molecule is O=C(NC[C@@H]1OC(=O)N2c3ccc(N4CCCC(O)C4)cc3OC[C@@H]12)c1ccc(Cl)s1. The highest BCUT2D eigenvalue weighted by Gasteiger charge is 2.46. The van der Waals surface area contributed by atoms with Gasteiger partial charge in [0.2, 0.25) is 0 Å². The Morgan fingerprint density at radius 2 is 2.19 bits per heavy atom. The Balaban J connectivity index is 1.29. The van der Waals surface area contributed by atoms with Gasteiger partial charge in [0.1, 0.15) is 24.5 Å². The predicted octanol–water partition coefficient (Wildman–Crippen LogP) is 2.88. The number of benzene rings is 1. The number of amides is 2. The number of aliphatic hydroxyl groups excluding tert-OH is 1. The molecule has 0 spiro atoms. The van der Waals surface area contributed by atoms with E-state index in [0.29, 0.717) is 27.2 Å². The lowest BCUT2D eigenvalue weighted by Crippen LogP contribution is -2.48. The van der Waals surface area contributed by atoms with E-state index >= 15 is 0 Å². The molecule has 0 radical (unpaired) electrons. The number of fused-ring (bicyclic) bond motifs is 3. The van der Waals surface area contributed by atoms with Crippen LogP contribution < -0.4 is 19.9 Å². The number of hydrogen-bond donors (Lipinski definition) is 2. The number of aliphatic hydroxyl groups is 1. The highest BCUT2D eigenvalue weighted by Crippen LogP contribution is 2.41. The van der Waals surface area contributed by atoms with Crippen LogP contribution in [0.15, 0.2) is 30.3 Å². The molecule has 3 aliphatic rings. The fourth-order valence-electron chi connectivity index (χ4n) is 4.30. The molecule has 31 heavy (non-hydrogen) atoms. The summed E-state index contributed by atoms with van der Waals surface area (Å²) < 4.78 is 12.1. The van der Waals surface area contributed by atoms with Crippen LogP contribution in [0, 0.1) is 0 Å². The van der Waals surface area contributed by atoms with E-state index in [-0.39, 0.29) is 31.2 Å². The average molecular weight is 464 g/mol. The molecule has 0 bridgehead atoms. The Labute approximate surface area is 188 Å². The van der Waals surface area contributed by atoms with Gasteiger partial charge in [-0.3, -0.25) is 9.69 Å². The van der Waals surface area contributed by atoms with E-state index < -0.39 is 12.2 Å². The maximum atomic E-state index is 12.6. The van der Waals surface area contributed by atoms with E-state index in [1.807, 2.05) is 18.2 Å². The van der Waals surface area contributed by atoms with E-state index in [1.54, 1.807) is 17.0 Å². The van der Waals surface area contributed by atoms with Crippen LogP contribution in [-0.4, -0.2) is 61.6 Å². The van der Waals surface area contributed by atoms with Gasteiger partial charge >= 0.3 is 6.09 Å². The van der Waals surface area contributed by atoms with Crippen molar-refractivity contribution in [1.29, 1.82) is 0 Å². The Hall–Kier alpha value is -2.49. The van der Waals surface area contributed by atoms with E-state index in [0.717, 1.165) is 25.1 Å². The molecular formula is C21H22ClN3O5S. The predicted molar refractivity (Wildman–Crippen MR) is 118 cm³/mol. The van der Waals surface area contributed by atoms with Crippen molar-refractivity contribution in [3.8, 4) is 5.75 Å². The molecule has 0 saturated carbocycles. The molecule has 2 amide bonds. The summed E-state index contributed by atoms with van der Waals surface area (Å²) in [5.74, 6) is 0.362. The third kappa shape index (κ3) is 3.93. The van der Waals surface area contributed by atoms with Gasteiger partial charge in [-0.2, -0.15) is 0 Å². The minimum absolute atomic E-state index is 0.184. The number of nitrogens with zero attached hydrogens (tertiary/aromatic N) is 2. The summed E-state index contributed by atoms with van der Waals surface area (Å²) in [6, 6.07) is 8.71. The molecule has 0 aliphatic carbocycles. The third-order valence-corrected chi connectivity index (χ3v) is 7.07. The minimum Gasteiger partial charge on any atom is -0.489 e. The highest BCUT2D eigenvalue weighted by molar-refractivity contribution is 7.18. The number of hydrogen-bond acceptors (Lipinski definition) is 7. The number of β-amino-alcohol motifs (C(OH)–C–C–N with tert-alkyl or cyclic N) is 1. The normalized spacial score (nSPS) is 24.8.